The summed E-state index contributed by atoms with van der Waals surface area (Å²) in [7, 11) is 0. The predicted octanol–water partition coefficient (Wildman–Crippen LogP) is 2.32. The lowest BCUT2D eigenvalue weighted by molar-refractivity contribution is 0.660. The Labute approximate surface area is 62.9 Å². The second kappa shape index (κ2) is 6.33. The molecule has 1 aromatic heterocycles. The molecule has 2 heteroatoms. The smallest absolute Gasteiger partial charge is 0.0489 e. The average Bonchev–Trinajstić information content (AvgIpc) is 2.39. The van der Waals surface area contributed by atoms with Gasteiger partial charge < -0.3 is 0 Å². The minimum Gasteiger partial charge on any atom is -0.273 e. The van der Waals surface area contributed by atoms with E-state index in [2.05, 4.69) is 25.9 Å². The molecule has 1 heterocycles. The van der Waals surface area contributed by atoms with Gasteiger partial charge in [-0.1, -0.05) is 20.3 Å². The third-order valence-electron chi connectivity index (χ3n) is 0.883. The molecule has 0 aliphatic heterocycles. The van der Waals surface area contributed by atoms with Gasteiger partial charge >= 0.3 is 0 Å². The SMILES string of the molecule is CCC.CCn1cccn1. The molecule has 0 unspecified atom stereocenters. The monoisotopic (exact) mass is 140 g/mol. The van der Waals surface area contributed by atoms with Crippen molar-refractivity contribution in [2.24, 2.45) is 0 Å². The molecule has 0 radical (unpaired) electrons. The van der Waals surface area contributed by atoms with Gasteiger partial charge in [-0.2, -0.15) is 5.10 Å². The molecular formula is C8H16N2. The largest absolute Gasteiger partial charge is 0.273 e. The van der Waals surface area contributed by atoms with E-state index in [-0.39, 0.29) is 0 Å². The molecule has 1 aromatic rings. The summed E-state index contributed by atoms with van der Waals surface area (Å²) in [5.41, 5.74) is 0. The summed E-state index contributed by atoms with van der Waals surface area (Å²) in [5.74, 6) is 0. The van der Waals surface area contributed by atoms with Crippen LogP contribution in [0.1, 0.15) is 27.2 Å². The molecule has 0 fully saturated rings. The van der Waals surface area contributed by atoms with Crippen molar-refractivity contribution in [2.45, 2.75) is 33.7 Å². The van der Waals surface area contributed by atoms with Crippen LogP contribution in [0.4, 0.5) is 0 Å². The third kappa shape index (κ3) is 4.13. The van der Waals surface area contributed by atoms with Crippen LogP contribution >= 0.6 is 0 Å². The fourth-order valence-corrected chi connectivity index (χ4v) is 0.488. The molecule has 58 valence electrons. The van der Waals surface area contributed by atoms with Crippen LogP contribution in [0.2, 0.25) is 0 Å². The lowest BCUT2D eigenvalue weighted by Gasteiger charge is -1.87. The molecule has 0 aromatic carbocycles. The Bertz CT molecular complexity index is 133. The highest BCUT2D eigenvalue weighted by atomic mass is 15.2. The van der Waals surface area contributed by atoms with Crippen molar-refractivity contribution in [2.75, 3.05) is 0 Å². The summed E-state index contributed by atoms with van der Waals surface area (Å²) in [6.07, 6.45) is 4.98. The van der Waals surface area contributed by atoms with Crippen LogP contribution in [-0.4, -0.2) is 9.78 Å². The summed E-state index contributed by atoms with van der Waals surface area (Å²) in [5, 5.41) is 3.95. The van der Waals surface area contributed by atoms with E-state index < -0.39 is 0 Å². The Kier molecular flexibility index (Phi) is 5.83. The zero-order valence-corrected chi connectivity index (χ0v) is 7.04. The summed E-state index contributed by atoms with van der Waals surface area (Å²) < 4.78 is 1.88. The van der Waals surface area contributed by atoms with Crippen LogP contribution < -0.4 is 0 Å². The number of rotatable bonds is 1. The molecule has 0 N–H and O–H groups in total. The fraction of sp³-hybridized carbons (Fsp3) is 0.625. The Hall–Kier alpha value is -0.790. The number of nitrogens with zero attached hydrogens (tertiary/aromatic N) is 2. The first-order valence-electron chi connectivity index (χ1n) is 3.82. The topological polar surface area (TPSA) is 17.8 Å². The van der Waals surface area contributed by atoms with Crippen LogP contribution in [0.25, 0.3) is 0 Å². The van der Waals surface area contributed by atoms with E-state index in [0.717, 1.165) is 6.54 Å². The standard InChI is InChI=1S/C5H8N2.C3H8/c1-2-7-5-3-4-6-7;1-3-2/h3-5H,2H2,1H3;3H2,1-2H3. The second-order valence-corrected chi connectivity index (χ2v) is 2.07. The van der Waals surface area contributed by atoms with E-state index in [1.54, 1.807) is 6.20 Å². The van der Waals surface area contributed by atoms with Crippen LogP contribution in [0, 0.1) is 0 Å². The van der Waals surface area contributed by atoms with Crippen molar-refractivity contribution in [3.05, 3.63) is 18.5 Å². The predicted molar refractivity (Wildman–Crippen MR) is 43.9 cm³/mol. The molecule has 1 rings (SSSR count). The van der Waals surface area contributed by atoms with Gasteiger partial charge in [0.25, 0.3) is 0 Å². The van der Waals surface area contributed by atoms with Gasteiger partial charge in [-0.05, 0) is 13.0 Å². The number of hydrogen-bond acceptors (Lipinski definition) is 1. The van der Waals surface area contributed by atoms with Gasteiger partial charge in [-0.3, -0.25) is 4.68 Å². The van der Waals surface area contributed by atoms with E-state index >= 15 is 0 Å². The Morgan fingerprint density at radius 3 is 2.10 bits per heavy atom. The highest BCUT2D eigenvalue weighted by Gasteiger charge is 1.77. The van der Waals surface area contributed by atoms with Gasteiger partial charge in [-0.25, -0.2) is 0 Å². The lowest BCUT2D eigenvalue weighted by atomic mass is 10.6. The Morgan fingerprint density at radius 2 is 1.90 bits per heavy atom. The van der Waals surface area contributed by atoms with E-state index in [1.165, 1.54) is 6.42 Å². The van der Waals surface area contributed by atoms with Crippen molar-refractivity contribution in [1.82, 2.24) is 9.78 Å². The minimum atomic E-state index is 0.965. The maximum Gasteiger partial charge on any atom is 0.0489 e. The minimum absolute atomic E-state index is 0.965. The molecule has 0 spiro atoms. The fourth-order valence-electron chi connectivity index (χ4n) is 0.488. The van der Waals surface area contributed by atoms with Crippen LogP contribution in [0.15, 0.2) is 18.5 Å². The summed E-state index contributed by atoms with van der Waals surface area (Å²) in [6.45, 7) is 7.28. The van der Waals surface area contributed by atoms with Gasteiger partial charge in [0.15, 0.2) is 0 Å². The summed E-state index contributed by atoms with van der Waals surface area (Å²) in [6, 6.07) is 1.92. The van der Waals surface area contributed by atoms with Gasteiger partial charge in [0.1, 0.15) is 0 Å². The van der Waals surface area contributed by atoms with E-state index in [0.29, 0.717) is 0 Å². The maximum absolute atomic E-state index is 3.95. The Balaban J connectivity index is 0.000000236. The molecule has 0 amide bonds. The summed E-state index contributed by atoms with van der Waals surface area (Å²) >= 11 is 0. The van der Waals surface area contributed by atoms with Gasteiger partial charge in [-0.15, -0.1) is 0 Å². The van der Waals surface area contributed by atoms with Crippen molar-refractivity contribution in [1.29, 1.82) is 0 Å². The number of aryl methyl sites for hydroxylation is 1. The number of hydrogen-bond donors (Lipinski definition) is 0. The van der Waals surface area contributed by atoms with E-state index in [4.69, 9.17) is 0 Å². The zero-order chi connectivity index (χ0) is 7.82. The van der Waals surface area contributed by atoms with Gasteiger partial charge in [0, 0.05) is 18.9 Å². The van der Waals surface area contributed by atoms with Gasteiger partial charge in [0.05, 0.1) is 0 Å². The average molecular weight is 140 g/mol. The first-order valence-corrected chi connectivity index (χ1v) is 3.82. The molecule has 0 bridgehead atoms. The molecule has 0 atom stereocenters. The van der Waals surface area contributed by atoms with Gasteiger partial charge in [0.2, 0.25) is 0 Å². The second-order valence-electron chi connectivity index (χ2n) is 2.07. The molecular weight excluding hydrogens is 124 g/mol. The summed E-state index contributed by atoms with van der Waals surface area (Å²) in [4.78, 5) is 0. The number of aromatic nitrogens is 2. The molecule has 0 aliphatic rings. The van der Waals surface area contributed by atoms with Crippen LogP contribution in [0.3, 0.4) is 0 Å². The third-order valence-corrected chi connectivity index (χ3v) is 0.883. The van der Waals surface area contributed by atoms with Crippen LogP contribution in [0.5, 0.6) is 0 Å². The molecule has 0 saturated carbocycles. The molecule has 2 nitrogen and oxygen atoms in total. The normalized spacial score (nSPS) is 8.30. The molecule has 0 saturated heterocycles. The molecule has 10 heavy (non-hydrogen) atoms. The van der Waals surface area contributed by atoms with E-state index in [9.17, 15) is 0 Å². The molecule has 0 aliphatic carbocycles. The highest BCUT2D eigenvalue weighted by molar-refractivity contribution is 4.76. The first kappa shape index (κ1) is 9.21. The first-order chi connectivity index (χ1) is 4.85. The maximum atomic E-state index is 3.95. The van der Waals surface area contributed by atoms with Crippen molar-refractivity contribution >= 4 is 0 Å². The highest BCUT2D eigenvalue weighted by Crippen LogP contribution is 1.79. The van der Waals surface area contributed by atoms with Crippen molar-refractivity contribution in [3.8, 4) is 0 Å². The van der Waals surface area contributed by atoms with Crippen LogP contribution in [-0.2, 0) is 6.54 Å². The lowest BCUT2D eigenvalue weighted by Crippen LogP contribution is -1.91. The zero-order valence-electron chi connectivity index (χ0n) is 7.04. The van der Waals surface area contributed by atoms with E-state index in [1.807, 2.05) is 16.9 Å². The quantitative estimate of drug-likeness (QED) is 0.585. The Morgan fingerprint density at radius 1 is 1.30 bits per heavy atom. The van der Waals surface area contributed by atoms with Crippen molar-refractivity contribution < 1.29 is 0 Å². The van der Waals surface area contributed by atoms with Crippen molar-refractivity contribution in [3.63, 3.8) is 0 Å².